The van der Waals surface area contributed by atoms with E-state index >= 15 is 0 Å². The molecule has 0 unspecified atom stereocenters. The predicted octanol–water partition coefficient (Wildman–Crippen LogP) is 5.20. The van der Waals surface area contributed by atoms with E-state index in [9.17, 15) is 0 Å². The zero-order chi connectivity index (χ0) is 16.2. The summed E-state index contributed by atoms with van der Waals surface area (Å²) in [7, 11) is 2.09. The van der Waals surface area contributed by atoms with E-state index in [2.05, 4.69) is 103 Å². The summed E-state index contributed by atoms with van der Waals surface area (Å²) in [4.78, 5) is 6.84. The number of nitrogens with one attached hydrogen (secondary N) is 1. The predicted molar refractivity (Wildman–Crippen MR) is 118 cm³/mol. The fourth-order valence-electron chi connectivity index (χ4n) is 2.67. The Bertz CT molecular complexity index is 641. The maximum Gasteiger partial charge on any atom is 0.194 e. The van der Waals surface area contributed by atoms with Gasteiger partial charge in [-0.2, -0.15) is 0 Å². The molecule has 1 aliphatic heterocycles. The van der Waals surface area contributed by atoms with Crippen molar-refractivity contribution in [1.29, 1.82) is 0 Å². The van der Waals surface area contributed by atoms with Gasteiger partial charge in [-0.05, 0) is 41.8 Å². The van der Waals surface area contributed by atoms with Crippen molar-refractivity contribution in [1.82, 2.24) is 10.2 Å². The van der Waals surface area contributed by atoms with Gasteiger partial charge in [0, 0.05) is 29.1 Å². The summed E-state index contributed by atoms with van der Waals surface area (Å²) in [5.41, 5.74) is 2.44. The van der Waals surface area contributed by atoms with Crippen LogP contribution in [0.2, 0.25) is 0 Å². The van der Waals surface area contributed by atoms with Gasteiger partial charge in [0.25, 0.3) is 0 Å². The van der Waals surface area contributed by atoms with Crippen LogP contribution in [-0.4, -0.2) is 31.0 Å². The van der Waals surface area contributed by atoms with E-state index in [-0.39, 0.29) is 30.0 Å². The van der Waals surface area contributed by atoms with E-state index in [1.165, 1.54) is 11.1 Å². The van der Waals surface area contributed by atoms with E-state index in [1.807, 2.05) is 0 Å². The Kier molecular flexibility index (Phi) is 7.56. The number of rotatable bonds is 3. The minimum absolute atomic E-state index is 0. The smallest absolute Gasteiger partial charge is 0.194 e. The molecule has 1 aliphatic rings. The third-order valence-corrected chi connectivity index (χ3v) is 5.01. The third-order valence-electron chi connectivity index (χ3n) is 3.95. The molecule has 128 valence electrons. The minimum atomic E-state index is 0. The largest absolute Gasteiger partial charge is 0.346 e. The van der Waals surface area contributed by atoms with Crippen LogP contribution < -0.4 is 5.32 Å². The van der Waals surface area contributed by atoms with Crippen molar-refractivity contribution in [3.63, 3.8) is 0 Å². The summed E-state index contributed by atoms with van der Waals surface area (Å²) in [6.07, 6.45) is 1.11. The van der Waals surface area contributed by atoms with Crippen LogP contribution in [0.5, 0.6) is 0 Å². The highest BCUT2D eigenvalue weighted by atomic mass is 127. The Balaban J connectivity index is 0.00000208. The maximum atomic E-state index is 4.65. The van der Waals surface area contributed by atoms with Crippen LogP contribution in [0.1, 0.15) is 23.6 Å². The van der Waals surface area contributed by atoms with E-state index in [4.69, 9.17) is 0 Å². The second-order valence-corrected chi connectivity index (χ2v) is 7.49. The van der Waals surface area contributed by atoms with Crippen molar-refractivity contribution in [2.45, 2.75) is 12.5 Å². The van der Waals surface area contributed by atoms with Crippen molar-refractivity contribution >= 4 is 61.8 Å². The molecule has 0 aliphatic carbocycles. The van der Waals surface area contributed by atoms with E-state index in [0.717, 1.165) is 34.4 Å². The van der Waals surface area contributed by atoms with Crippen LogP contribution >= 0.6 is 55.8 Å². The van der Waals surface area contributed by atoms with Gasteiger partial charge in [-0.1, -0.05) is 56.1 Å². The monoisotopic (exact) mass is 563 g/mol. The zero-order valence-corrected chi connectivity index (χ0v) is 18.9. The summed E-state index contributed by atoms with van der Waals surface area (Å²) in [5.74, 6) is 0.965. The van der Waals surface area contributed by atoms with Crippen molar-refractivity contribution < 1.29 is 0 Å². The van der Waals surface area contributed by atoms with Crippen molar-refractivity contribution in [3.8, 4) is 0 Å². The Morgan fingerprint density at radius 3 is 1.92 bits per heavy atom. The van der Waals surface area contributed by atoms with Gasteiger partial charge in [0.1, 0.15) is 0 Å². The number of nitrogens with zero attached hydrogens (tertiary/aromatic N) is 2. The third kappa shape index (κ3) is 4.95. The lowest BCUT2D eigenvalue weighted by atomic mass is 9.99. The quantitative estimate of drug-likeness (QED) is 0.519. The fourth-order valence-corrected chi connectivity index (χ4v) is 3.20. The SMILES string of the molecule is CN1CCCN=C1NC(c1ccc(Br)cc1)c1ccc(Br)cc1.I. The second kappa shape index (κ2) is 9.20. The lowest BCUT2D eigenvalue weighted by Crippen LogP contribution is -2.44. The van der Waals surface area contributed by atoms with Crippen LogP contribution in [0.25, 0.3) is 0 Å². The summed E-state index contributed by atoms with van der Waals surface area (Å²) in [5, 5.41) is 3.62. The van der Waals surface area contributed by atoms with Gasteiger partial charge in [-0.3, -0.25) is 4.99 Å². The summed E-state index contributed by atoms with van der Waals surface area (Å²) >= 11 is 7.02. The van der Waals surface area contributed by atoms with Crippen LogP contribution in [-0.2, 0) is 0 Å². The number of aliphatic imine (C=N–C) groups is 1. The highest BCUT2D eigenvalue weighted by molar-refractivity contribution is 14.0. The maximum absolute atomic E-state index is 4.65. The Morgan fingerprint density at radius 1 is 0.958 bits per heavy atom. The zero-order valence-electron chi connectivity index (χ0n) is 13.4. The molecule has 0 atom stereocenters. The van der Waals surface area contributed by atoms with Gasteiger partial charge in [-0.25, -0.2) is 0 Å². The van der Waals surface area contributed by atoms with Gasteiger partial charge in [0.2, 0.25) is 0 Å². The van der Waals surface area contributed by atoms with Gasteiger partial charge < -0.3 is 10.2 Å². The molecule has 0 aromatic heterocycles. The first-order valence-corrected chi connectivity index (χ1v) is 9.25. The number of guanidine groups is 1. The van der Waals surface area contributed by atoms with Gasteiger partial charge >= 0.3 is 0 Å². The van der Waals surface area contributed by atoms with E-state index in [0.29, 0.717) is 0 Å². The summed E-state index contributed by atoms with van der Waals surface area (Å²) in [6.45, 7) is 1.93. The number of benzene rings is 2. The molecule has 6 heteroatoms. The topological polar surface area (TPSA) is 27.6 Å². The fraction of sp³-hybridized carbons (Fsp3) is 0.278. The first-order chi connectivity index (χ1) is 11.1. The van der Waals surface area contributed by atoms with Gasteiger partial charge in [-0.15, -0.1) is 24.0 Å². The average Bonchev–Trinajstić information content (AvgIpc) is 2.56. The van der Waals surface area contributed by atoms with Gasteiger partial charge in [0.15, 0.2) is 5.96 Å². The Morgan fingerprint density at radius 2 is 1.46 bits per heavy atom. The normalized spacial score (nSPS) is 14.2. The molecule has 0 fully saturated rings. The molecule has 0 bridgehead atoms. The number of hydrogen-bond acceptors (Lipinski definition) is 3. The van der Waals surface area contributed by atoms with Crippen LogP contribution in [0.4, 0.5) is 0 Å². The van der Waals surface area contributed by atoms with Gasteiger partial charge in [0.05, 0.1) is 6.04 Å². The molecule has 0 amide bonds. The van der Waals surface area contributed by atoms with Crippen molar-refractivity contribution in [2.75, 3.05) is 20.1 Å². The molecule has 1 N–H and O–H groups in total. The molecule has 0 radical (unpaired) electrons. The number of halogens is 3. The lowest BCUT2D eigenvalue weighted by Gasteiger charge is -2.30. The molecule has 3 rings (SSSR count). The number of hydrogen-bond donors (Lipinski definition) is 1. The first-order valence-electron chi connectivity index (χ1n) is 7.66. The van der Waals surface area contributed by atoms with Crippen LogP contribution in [0.15, 0.2) is 62.5 Å². The molecule has 2 aromatic rings. The molecule has 1 heterocycles. The molecule has 3 nitrogen and oxygen atoms in total. The molecule has 0 saturated carbocycles. The van der Waals surface area contributed by atoms with Crippen molar-refractivity contribution in [3.05, 3.63) is 68.6 Å². The highest BCUT2D eigenvalue weighted by Crippen LogP contribution is 2.25. The molecule has 24 heavy (non-hydrogen) atoms. The van der Waals surface area contributed by atoms with Crippen molar-refractivity contribution in [2.24, 2.45) is 4.99 Å². The molecule has 2 aromatic carbocycles. The molecule has 0 saturated heterocycles. The minimum Gasteiger partial charge on any atom is -0.346 e. The standard InChI is InChI=1S/C18H19Br2N3.HI/c1-23-12-2-11-21-18(23)22-17(13-3-7-15(19)8-4-13)14-5-9-16(20)10-6-14;/h3-10,17H,2,11-12H2,1H3,(H,21,22);1H. The summed E-state index contributed by atoms with van der Waals surface area (Å²) in [6, 6.07) is 17.0. The molecule has 0 spiro atoms. The highest BCUT2D eigenvalue weighted by Gasteiger charge is 2.19. The molecular formula is C18H20Br2IN3. The second-order valence-electron chi connectivity index (χ2n) is 5.66. The van der Waals surface area contributed by atoms with Crippen LogP contribution in [0, 0.1) is 0 Å². The Labute approximate surface area is 177 Å². The molecular weight excluding hydrogens is 545 g/mol. The van der Waals surface area contributed by atoms with Crippen LogP contribution in [0.3, 0.4) is 0 Å². The summed E-state index contributed by atoms with van der Waals surface area (Å²) < 4.78 is 2.17. The Hall–Kier alpha value is -0.600. The lowest BCUT2D eigenvalue weighted by molar-refractivity contribution is 0.440. The average molecular weight is 565 g/mol. The first kappa shape index (κ1) is 19.7. The van der Waals surface area contributed by atoms with E-state index < -0.39 is 0 Å². The van der Waals surface area contributed by atoms with E-state index in [1.54, 1.807) is 0 Å².